The molecule has 0 bridgehead atoms. The summed E-state index contributed by atoms with van der Waals surface area (Å²) < 4.78 is 6.01. The van der Waals surface area contributed by atoms with Gasteiger partial charge in [0.2, 0.25) is 0 Å². The predicted octanol–water partition coefficient (Wildman–Crippen LogP) is 3.70. The van der Waals surface area contributed by atoms with E-state index in [-0.39, 0.29) is 0 Å². The summed E-state index contributed by atoms with van der Waals surface area (Å²) in [4.78, 5) is 4.62. The summed E-state index contributed by atoms with van der Waals surface area (Å²) >= 11 is 0. The number of aromatic nitrogens is 1. The van der Waals surface area contributed by atoms with Gasteiger partial charge in [-0.25, -0.2) is 0 Å². The fraction of sp³-hybridized carbons (Fsp3) is 0.389. The number of nitrogens with one attached hydrogen (secondary N) is 1. The maximum Gasteiger partial charge on any atom is 0.130 e. The van der Waals surface area contributed by atoms with Gasteiger partial charge in [0.15, 0.2) is 0 Å². The van der Waals surface area contributed by atoms with E-state index in [1.54, 1.807) is 0 Å². The Bertz CT molecular complexity index is 608. The minimum atomic E-state index is 0.505. The van der Waals surface area contributed by atoms with Crippen molar-refractivity contribution in [1.82, 2.24) is 10.3 Å². The minimum absolute atomic E-state index is 0.505. The summed E-state index contributed by atoms with van der Waals surface area (Å²) in [7, 11) is 0. The second-order valence-corrected chi connectivity index (χ2v) is 5.34. The van der Waals surface area contributed by atoms with E-state index >= 15 is 0 Å². The van der Waals surface area contributed by atoms with E-state index in [1.165, 1.54) is 16.7 Å². The molecular weight excluding hydrogens is 260 g/mol. The van der Waals surface area contributed by atoms with Crippen LogP contribution in [0, 0.1) is 20.8 Å². The normalized spacial score (nSPS) is 10.7. The Morgan fingerprint density at radius 3 is 2.48 bits per heavy atom. The third-order valence-electron chi connectivity index (χ3n) is 3.66. The molecule has 2 aromatic rings. The van der Waals surface area contributed by atoms with Crippen molar-refractivity contribution in [3.63, 3.8) is 0 Å². The van der Waals surface area contributed by atoms with Crippen LogP contribution in [0.25, 0.3) is 0 Å². The molecule has 1 N–H and O–H groups in total. The number of pyridine rings is 1. The SMILES string of the molecule is CCNCc1cccc(COc2c(C)ccc(C)c2C)n1. The minimum Gasteiger partial charge on any atom is -0.487 e. The standard InChI is InChI=1S/C18H24N2O/c1-5-19-11-16-7-6-8-17(20-16)12-21-18-14(3)10-9-13(2)15(18)4/h6-10,19H,5,11-12H2,1-4H3. The van der Waals surface area contributed by atoms with E-state index < -0.39 is 0 Å². The zero-order valence-corrected chi connectivity index (χ0v) is 13.4. The lowest BCUT2D eigenvalue weighted by Gasteiger charge is -2.14. The molecule has 0 spiro atoms. The lowest BCUT2D eigenvalue weighted by molar-refractivity contribution is 0.296. The second kappa shape index (κ2) is 7.23. The lowest BCUT2D eigenvalue weighted by Crippen LogP contribution is -2.13. The van der Waals surface area contributed by atoms with Crippen molar-refractivity contribution in [3.05, 3.63) is 58.4 Å². The molecule has 2 rings (SSSR count). The van der Waals surface area contributed by atoms with Gasteiger partial charge in [-0.1, -0.05) is 25.1 Å². The summed E-state index contributed by atoms with van der Waals surface area (Å²) in [6.45, 7) is 10.6. The Morgan fingerprint density at radius 2 is 1.71 bits per heavy atom. The maximum atomic E-state index is 6.01. The van der Waals surface area contributed by atoms with Gasteiger partial charge in [-0.05, 0) is 56.1 Å². The van der Waals surface area contributed by atoms with Crippen LogP contribution in [0.3, 0.4) is 0 Å². The van der Waals surface area contributed by atoms with Crippen LogP contribution in [0.5, 0.6) is 5.75 Å². The largest absolute Gasteiger partial charge is 0.487 e. The van der Waals surface area contributed by atoms with Crippen molar-refractivity contribution in [1.29, 1.82) is 0 Å². The average Bonchev–Trinajstić information content (AvgIpc) is 2.49. The molecule has 112 valence electrons. The fourth-order valence-electron chi connectivity index (χ4n) is 2.25. The summed E-state index contributed by atoms with van der Waals surface area (Å²) in [6.07, 6.45) is 0. The van der Waals surface area contributed by atoms with Crippen molar-refractivity contribution in [2.45, 2.75) is 40.8 Å². The fourth-order valence-corrected chi connectivity index (χ4v) is 2.25. The van der Waals surface area contributed by atoms with Gasteiger partial charge < -0.3 is 10.1 Å². The van der Waals surface area contributed by atoms with Crippen LogP contribution < -0.4 is 10.1 Å². The molecule has 3 nitrogen and oxygen atoms in total. The van der Waals surface area contributed by atoms with Crippen LogP contribution >= 0.6 is 0 Å². The highest BCUT2D eigenvalue weighted by molar-refractivity contribution is 5.44. The molecule has 3 heteroatoms. The number of ether oxygens (including phenoxy) is 1. The van der Waals surface area contributed by atoms with Gasteiger partial charge in [-0.15, -0.1) is 0 Å². The summed E-state index contributed by atoms with van der Waals surface area (Å²) in [6, 6.07) is 10.3. The Hall–Kier alpha value is -1.87. The van der Waals surface area contributed by atoms with E-state index in [4.69, 9.17) is 4.74 Å². The zero-order valence-electron chi connectivity index (χ0n) is 13.4. The summed E-state index contributed by atoms with van der Waals surface area (Å²) in [5, 5.41) is 3.29. The van der Waals surface area contributed by atoms with E-state index in [0.29, 0.717) is 6.61 Å². The molecule has 0 unspecified atom stereocenters. The number of rotatable bonds is 6. The van der Waals surface area contributed by atoms with E-state index in [2.05, 4.69) is 50.1 Å². The average molecular weight is 284 g/mol. The van der Waals surface area contributed by atoms with Crippen LogP contribution in [-0.4, -0.2) is 11.5 Å². The topological polar surface area (TPSA) is 34.1 Å². The van der Waals surface area contributed by atoms with E-state index in [0.717, 1.165) is 30.2 Å². The molecule has 0 aliphatic rings. The first-order chi connectivity index (χ1) is 10.1. The molecule has 1 aromatic heterocycles. The predicted molar refractivity (Wildman–Crippen MR) is 86.6 cm³/mol. The summed E-state index contributed by atoms with van der Waals surface area (Å²) in [5.74, 6) is 0.980. The molecule has 21 heavy (non-hydrogen) atoms. The first-order valence-electron chi connectivity index (χ1n) is 7.47. The van der Waals surface area contributed by atoms with Crippen LogP contribution in [0.2, 0.25) is 0 Å². The van der Waals surface area contributed by atoms with Gasteiger partial charge in [-0.3, -0.25) is 4.98 Å². The molecule has 0 saturated heterocycles. The molecule has 1 heterocycles. The molecule has 0 fully saturated rings. The van der Waals surface area contributed by atoms with Crippen molar-refractivity contribution < 1.29 is 4.74 Å². The molecule has 0 aliphatic heterocycles. The highest BCUT2D eigenvalue weighted by atomic mass is 16.5. The monoisotopic (exact) mass is 284 g/mol. The first kappa shape index (κ1) is 15.5. The highest BCUT2D eigenvalue weighted by Gasteiger charge is 2.07. The molecule has 0 atom stereocenters. The molecule has 1 aromatic carbocycles. The van der Waals surface area contributed by atoms with Crippen LogP contribution in [0.15, 0.2) is 30.3 Å². The Balaban J connectivity index is 2.08. The van der Waals surface area contributed by atoms with Crippen molar-refractivity contribution in [2.24, 2.45) is 0 Å². The Labute approximate surface area is 127 Å². The number of aryl methyl sites for hydroxylation is 2. The summed E-state index contributed by atoms with van der Waals surface area (Å²) in [5.41, 5.74) is 5.64. The highest BCUT2D eigenvalue weighted by Crippen LogP contribution is 2.26. The maximum absolute atomic E-state index is 6.01. The molecule has 0 radical (unpaired) electrons. The smallest absolute Gasteiger partial charge is 0.130 e. The Morgan fingerprint density at radius 1 is 1.00 bits per heavy atom. The lowest BCUT2D eigenvalue weighted by atomic mass is 10.1. The number of nitrogens with zero attached hydrogens (tertiary/aromatic N) is 1. The van der Waals surface area contributed by atoms with Crippen LogP contribution in [0.4, 0.5) is 0 Å². The number of hydrogen-bond acceptors (Lipinski definition) is 3. The third kappa shape index (κ3) is 4.05. The number of hydrogen-bond donors (Lipinski definition) is 1. The zero-order chi connectivity index (χ0) is 15.2. The second-order valence-electron chi connectivity index (χ2n) is 5.34. The molecule has 0 amide bonds. The quantitative estimate of drug-likeness (QED) is 0.878. The van der Waals surface area contributed by atoms with Crippen LogP contribution in [0.1, 0.15) is 35.0 Å². The van der Waals surface area contributed by atoms with E-state index in [9.17, 15) is 0 Å². The van der Waals surface area contributed by atoms with Gasteiger partial charge in [0, 0.05) is 6.54 Å². The van der Waals surface area contributed by atoms with Gasteiger partial charge in [-0.2, -0.15) is 0 Å². The Kier molecular flexibility index (Phi) is 5.34. The van der Waals surface area contributed by atoms with Gasteiger partial charge in [0.25, 0.3) is 0 Å². The van der Waals surface area contributed by atoms with Crippen molar-refractivity contribution >= 4 is 0 Å². The molecule has 0 saturated carbocycles. The molecular formula is C18H24N2O. The van der Waals surface area contributed by atoms with Gasteiger partial charge in [0.05, 0.1) is 11.4 Å². The van der Waals surface area contributed by atoms with Crippen molar-refractivity contribution in [2.75, 3.05) is 6.54 Å². The molecule has 0 aliphatic carbocycles. The van der Waals surface area contributed by atoms with Gasteiger partial charge in [0.1, 0.15) is 12.4 Å². The van der Waals surface area contributed by atoms with E-state index in [1.807, 2.05) is 18.2 Å². The third-order valence-corrected chi connectivity index (χ3v) is 3.66. The number of benzene rings is 1. The van der Waals surface area contributed by atoms with Crippen molar-refractivity contribution in [3.8, 4) is 5.75 Å². The first-order valence-corrected chi connectivity index (χ1v) is 7.47. The van der Waals surface area contributed by atoms with Gasteiger partial charge >= 0.3 is 0 Å². The van der Waals surface area contributed by atoms with Crippen LogP contribution in [-0.2, 0) is 13.2 Å².